The van der Waals surface area contributed by atoms with Crippen molar-refractivity contribution in [3.05, 3.63) is 37.4 Å². The lowest BCUT2D eigenvalue weighted by atomic mass is 9.97. The second-order valence-electron chi connectivity index (χ2n) is 4.27. The minimum atomic E-state index is 0.0754. The zero-order chi connectivity index (χ0) is 11.4. The lowest BCUT2D eigenvalue weighted by Gasteiger charge is -2.34. The number of carbonyl (C=O) groups excluding carboxylic acids is 1. The van der Waals surface area contributed by atoms with E-state index < -0.39 is 0 Å². The number of piperidine rings is 1. The average Bonchev–Trinajstić information content (AvgIpc) is 2.30. The van der Waals surface area contributed by atoms with Crippen molar-refractivity contribution in [1.29, 1.82) is 0 Å². The maximum atomic E-state index is 11.9. The highest BCUT2D eigenvalue weighted by Gasteiger charge is 2.21. The van der Waals surface area contributed by atoms with E-state index in [0.717, 1.165) is 31.6 Å². The largest absolute Gasteiger partial charge is 0.459 e. The van der Waals surface area contributed by atoms with Crippen molar-refractivity contribution < 1.29 is 4.79 Å². The van der Waals surface area contributed by atoms with Gasteiger partial charge < -0.3 is 10.2 Å². The zero-order valence-corrected chi connectivity index (χ0v) is 9.36. The van der Waals surface area contributed by atoms with Gasteiger partial charge in [0.1, 0.15) is 0 Å². The van der Waals surface area contributed by atoms with Crippen molar-refractivity contribution in [1.82, 2.24) is 4.90 Å². The zero-order valence-electron chi connectivity index (χ0n) is 9.36. The number of para-hydroxylation sites is 1. The smallest absolute Gasteiger partial charge is 0.228 e. The van der Waals surface area contributed by atoms with Crippen molar-refractivity contribution in [3.63, 3.8) is 0 Å². The van der Waals surface area contributed by atoms with Crippen molar-refractivity contribution in [2.45, 2.75) is 12.8 Å². The summed E-state index contributed by atoms with van der Waals surface area (Å²) in [7, 11) is 3.89. The molecule has 0 saturated carbocycles. The van der Waals surface area contributed by atoms with Gasteiger partial charge in [0.05, 0.1) is 0 Å². The van der Waals surface area contributed by atoms with Crippen LogP contribution in [0.4, 0.5) is 5.69 Å². The second kappa shape index (κ2) is 5.12. The molecule has 0 aromatic heterocycles. The number of hydrogen-bond acceptors (Lipinski definition) is 2. The van der Waals surface area contributed by atoms with Gasteiger partial charge in [0.25, 0.3) is 0 Å². The molecule has 2 rings (SSSR count). The molecular formula is C13H17N2O-. The predicted molar refractivity (Wildman–Crippen MR) is 64.7 cm³/mol. The molecule has 1 atom stereocenters. The fourth-order valence-electron chi connectivity index (χ4n) is 2.04. The Bertz CT molecular complexity index is 350. The van der Waals surface area contributed by atoms with Crippen LogP contribution in [0.2, 0.25) is 0 Å². The van der Waals surface area contributed by atoms with Gasteiger partial charge in [-0.3, -0.25) is 11.8 Å². The van der Waals surface area contributed by atoms with Crippen LogP contribution >= 0.6 is 0 Å². The molecule has 0 bridgehead atoms. The number of nitrogens with zero attached hydrogens (tertiary/aromatic N) is 1. The van der Waals surface area contributed by atoms with Crippen LogP contribution in [-0.2, 0) is 4.79 Å². The summed E-state index contributed by atoms with van der Waals surface area (Å²) >= 11 is 0. The minimum absolute atomic E-state index is 0.0754. The van der Waals surface area contributed by atoms with E-state index >= 15 is 0 Å². The molecule has 1 aliphatic rings. The van der Waals surface area contributed by atoms with Gasteiger partial charge in [-0.25, -0.2) is 0 Å². The first kappa shape index (κ1) is 11.1. The van der Waals surface area contributed by atoms with Gasteiger partial charge in [-0.2, -0.15) is 0 Å². The summed E-state index contributed by atoms with van der Waals surface area (Å²) in [5, 5.41) is 2.94. The SMILES string of the molecule is [CH2-]N1CCCC(C(=O)Nc2ccccc2)C1. The third kappa shape index (κ3) is 2.83. The molecule has 1 aromatic rings. The monoisotopic (exact) mass is 217 g/mol. The molecule has 1 amide bonds. The second-order valence-corrected chi connectivity index (χ2v) is 4.27. The number of nitrogens with one attached hydrogen (secondary N) is 1. The van der Waals surface area contributed by atoms with Crippen LogP contribution in [0.1, 0.15) is 12.8 Å². The number of amides is 1. The first-order valence-corrected chi connectivity index (χ1v) is 5.67. The van der Waals surface area contributed by atoms with Gasteiger partial charge in [0.2, 0.25) is 5.91 Å². The van der Waals surface area contributed by atoms with E-state index in [1.807, 2.05) is 35.2 Å². The van der Waals surface area contributed by atoms with E-state index in [-0.39, 0.29) is 11.8 Å². The number of hydrogen-bond donors (Lipinski definition) is 1. The minimum Gasteiger partial charge on any atom is -0.459 e. The molecule has 1 N–H and O–H groups in total. The van der Waals surface area contributed by atoms with Crippen LogP contribution in [0.3, 0.4) is 0 Å². The fourth-order valence-corrected chi connectivity index (χ4v) is 2.04. The van der Waals surface area contributed by atoms with Crippen LogP contribution in [-0.4, -0.2) is 23.9 Å². The summed E-state index contributed by atoms with van der Waals surface area (Å²) in [6, 6.07) is 9.59. The van der Waals surface area contributed by atoms with E-state index in [1.54, 1.807) is 0 Å². The molecule has 1 fully saturated rings. The van der Waals surface area contributed by atoms with Gasteiger partial charge in [-0.05, 0) is 38.1 Å². The average molecular weight is 217 g/mol. The summed E-state index contributed by atoms with van der Waals surface area (Å²) in [5.41, 5.74) is 0.869. The van der Waals surface area contributed by atoms with E-state index in [4.69, 9.17) is 0 Å². The molecule has 0 spiro atoms. The lowest BCUT2D eigenvalue weighted by Crippen LogP contribution is -2.37. The summed E-state index contributed by atoms with van der Waals surface area (Å²) < 4.78 is 0. The quantitative estimate of drug-likeness (QED) is 0.770. The van der Waals surface area contributed by atoms with E-state index in [0.29, 0.717) is 0 Å². The van der Waals surface area contributed by atoms with Crippen molar-refractivity contribution in [2.75, 3.05) is 18.4 Å². The van der Waals surface area contributed by atoms with Crippen LogP contribution < -0.4 is 5.32 Å². The van der Waals surface area contributed by atoms with Crippen molar-refractivity contribution in [2.24, 2.45) is 5.92 Å². The van der Waals surface area contributed by atoms with Gasteiger partial charge >= 0.3 is 0 Å². The van der Waals surface area contributed by atoms with Crippen molar-refractivity contribution >= 4 is 11.6 Å². The van der Waals surface area contributed by atoms with Gasteiger partial charge in [0, 0.05) is 11.6 Å². The first-order chi connectivity index (χ1) is 7.75. The van der Waals surface area contributed by atoms with Crippen LogP contribution in [0.5, 0.6) is 0 Å². The Morgan fingerprint density at radius 2 is 2.12 bits per heavy atom. The number of rotatable bonds is 2. The van der Waals surface area contributed by atoms with Crippen LogP contribution in [0.15, 0.2) is 30.3 Å². The molecule has 1 aromatic carbocycles. The first-order valence-electron chi connectivity index (χ1n) is 5.67. The number of likely N-dealkylation sites (tertiary alicyclic amines) is 1. The van der Waals surface area contributed by atoms with E-state index in [2.05, 4.69) is 12.4 Å². The Hall–Kier alpha value is -1.35. The molecule has 3 nitrogen and oxygen atoms in total. The van der Waals surface area contributed by atoms with Gasteiger partial charge in [-0.15, -0.1) is 0 Å². The Labute approximate surface area is 96.5 Å². The molecule has 3 heteroatoms. The molecule has 1 saturated heterocycles. The Morgan fingerprint density at radius 1 is 1.38 bits per heavy atom. The highest BCUT2D eigenvalue weighted by Crippen LogP contribution is 2.17. The molecule has 1 unspecified atom stereocenters. The maximum Gasteiger partial charge on any atom is 0.228 e. The molecular weight excluding hydrogens is 200 g/mol. The maximum absolute atomic E-state index is 11.9. The fraction of sp³-hybridized carbons (Fsp3) is 0.385. The van der Waals surface area contributed by atoms with E-state index in [9.17, 15) is 4.79 Å². The topological polar surface area (TPSA) is 32.3 Å². The Kier molecular flexibility index (Phi) is 3.57. The highest BCUT2D eigenvalue weighted by molar-refractivity contribution is 5.92. The summed E-state index contributed by atoms with van der Waals surface area (Å²) in [6.07, 6.45) is 2.01. The molecule has 16 heavy (non-hydrogen) atoms. The van der Waals surface area contributed by atoms with Gasteiger partial charge in [0.15, 0.2) is 0 Å². The molecule has 86 valence electrons. The van der Waals surface area contributed by atoms with Crippen LogP contribution in [0, 0.1) is 13.0 Å². The molecule has 1 heterocycles. The Balaban J connectivity index is 1.93. The lowest BCUT2D eigenvalue weighted by molar-refractivity contribution is -0.121. The number of anilines is 1. The number of carbonyl (C=O) groups is 1. The summed E-state index contributed by atoms with van der Waals surface area (Å²) in [5.74, 6) is 0.186. The normalized spacial score (nSPS) is 21.7. The Morgan fingerprint density at radius 3 is 2.81 bits per heavy atom. The van der Waals surface area contributed by atoms with Crippen molar-refractivity contribution in [3.8, 4) is 0 Å². The molecule has 1 aliphatic heterocycles. The summed E-state index contributed by atoms with van der Waals surface area (Å²) in [4.78, 5) is 13.9. The predicted octanol–water partition coefficient (Wildman–Crippen LogP) is 2.13. The van der Waals surface area contributed by atoms with E-state index in [1.165, 1.54) is 0 Å². The standard InChI is InChI=1S/C13H17N2O/c1-15-9-5-6-11(10-15)13(16)14-12-7-3-2-4-8-12/h2-4,7-8,11H,1,5-6,9-10H2,(H,14,16)/q-1. The highest BCUT2D eigenvalue weighted by atomic mass is 16.1. The van der Waals surface area contributed by atoms with Gasteiger partial charge in [-0.1, -0.05) is 18.2 Å². The molecule has 0 radical (unpaired) electrons. The third-order valence-corrected chi connectivity index (χ3v) is 2.92. The summed E-state index contributed by atoms with van der Waals surface area (Å²) in [6.45, 7) is 1.76. The third-order valence-electron chi connectivity index (χ3n) is 2.92. The number of benzene rings is 1. The van der Waals surface area contributed by atoms with Crippen LogP contribution in [0.25, 0.3) is 0 Å². The molecule has 0 aliphatic carbocycles.